The molecule has 0 N–H and O–H groups in total. The van der Waals surface area contributed by atoms with Gasteiger partial charge in [0.15, 0.2) is 11.6 Å². The minimum Gasteiger partial charge on any atom is -0.228 e. The van der Waals surface area contributed by atoms with Gasteiger partial charge in [0, 0.05) is 33.4 Å². The maximum Gasteiger partial charge on any atom is 0.160 e. The van der Waals surface area contributed by atoms with Crippen LogP contribution < -0.4 is 0 Å². The van der Waals surface area contributed by atoms with Crippen LogP contribution in [-0.4, -0.2) is 19.9 Å². The molecule has 2 aliphatic carbocycles. The summed E-state index contributed by atoms with van der Waals surface area (Å²) in [5, 5.41) is 20.0. The van der Waals surface area contributed by atoms with Crippen molar-refractivity contribution in [1.82, 2.24) is 19.9 Å². The SMILES string of the molecule is N#Cc1ccc2c(c1)C(c1ccccc1)(c1ccccc1)c1cc(-c3ccc(-c4cc(-c5ccc(-c6ccccc6)cc5)nc(-c5ccccc5)n4)cc3)ccc1-2.N#Cc1ccc2c(c1)C(c1ccccc1)(c1ccccc1)c1cc(-c3ccc(-c4cc(-c5ccccc5)nc(-c5ccccc5)n4)cc3)ccc1-2. The predicted molar refractivity (Wildman–Crippen MR) is 437 cm³/mol. The monoisotopic (exact) mass is 1370 g/mol. The molecule has 15 aromatic carbocycles. The Bertz CT molecular complexity index is 6110. The molecule has 2 heterocycles. The zero-order valence-corrected chi connectivity index (χ0v) is 58.8. The van der Waals surface area contributed by atoms with Gasteiger partial charge in [-0.3, -0.25) is 0 Å². The van der Waals surface area contributed by atoms with Crippen molar-refractivity contribution < 1.29 is 0 Å². The summed E-state index contributed by atoms with van der Waals surface area (Å²) in [7, 11) is 0. The molecule has 6 nitrogen and oxygen atoms in total. The molecule has 0 unspecified atom stereocenters. The van der Waals surface area contributed by atoms with Crippen molar-refractivity contribution in [1.29, 1.82) is 10.5 Å². The smallest absolute Gasteiger partial charge is 0.160 e. The first-order chi connectivity index (χ1) is 53.4. The first-order valence-electron chi connectivity index (χ1n) is 36.3. The average molecular weight is 1380 g/mol. The number of nitriles is 2. The van der Waals surface area contributed by atoms with E-state index >= 15 is 0 Å². The van der Waals surface area contributed by atoms with Gasteiger partial charge < -0.3 is 0 Å². The summed E-state index contributed by atoms with van der Waals surface area (Å²) in [4.78, 5) is 20.2. The van der Waals surface area contributed by atoms with E-state index in [2.05, 4.69) is 340 Å². The van der Waals surface area contributed by atoms with Crippen LogP contribution in [0.4, 0.5) is 0 Å². The molecule has 19 rings (SSSR count). The lowest BCUT2D eigenvalue weighted by molar-refractivity contribution is 0.768. The minimum absolute atomic E-state index is 0.585. The Morgan fingerprint density at radius 2 is 0.398 bits per heavy atom. The van der Waals surface area contributed by atoms with Crippen LogP contribution in [0.1, 0.15) is 55.6 Å². The highest BCUT2D eigenvalue weighted by molar-refractivity contribution is 5.91. The van der Waals surface area contributed by atoms with Gasteiger partial charge in [-0.15, -0.1) is 0 Å². The van der Waals surface area contributed by atoms with Crippen LogP contribution in [0.15, 0.2) is 400 Å². The molecule has 17 aromatic rings. The molecular weight excluding hydrogens is 1310 g/mol. The van der Waals surface area contributed by atoms with Crippen LogP contribution in [0.3, 0.4) is 0 Å². The highest BCUT2D eigenvalue weighted by atomic mass is 14.9. The highest BCUT2D eigenvalue weighted by Crippen LogP contribution is 2.59. The van der Waals surface area contributed by atoms with Gasteiger partial charge in [-0.05, 0) is 149 Å². The summed E-state index contributed by atoms with van der Waals surface area (Å²) in [6, 6.07) is 145. The summed E-state index contributed by atoms with van der Waals surface area (Å²) in [5.74, 6) is 1.39. The van der Waals surface area contributed by atoms with E-state index in [1.165, 1.54) is 55.6 Å². The van der Waals surface area contributed by atoms with Gasteiger partial charge in [0.2, 0.25) is 0 Å². The van der Waals surface area contributed by atoms with Gasteiger partial charge in [-0.1, -0.05) is 352 Å². The van der Waals surface area contributed by atoms with Crippen LogP contribution in [0, 0.1) is 22.7 Å². The van der Waals surface area contributed by atoms with Crippen LogP contribution in [0.25, 0.3) is 123 Å². The normalized spacial score (nSPS) is 12.4. The summed E-state index contributed by atoms with van der Waals surface area (Å²) >= 11 is 0. The number of aromatic nitrogens is 4. The third-order valence-electron chi connectivity index (χ3n) is 21.3. The van der Waals surface area contributed by atoms with E-state index in [0.29, 0.717) is 22.8 Å². The third-order valence-corrected chi connectivity index (χ3v) is 21.3. The summed E-state index contributed by atoms with van der Waals surface area (Å²) in [5.41, 5.74) is 30.6. The van der Waals surface area contributed by atoms with Gasteiger partial charge in [0.05, 0.1) is 56.9 Å². The molecule has 0 aliphatic heterocycles. The van der Waals surface area contributed by atoms with Crippen molar-refractivity contribution in [2.24, 2.45) is 0 Å². The van der Waals surface area contributed by atoms with E-state index in [4.69, 9.17) is 19.9 Å². The Morgan fingerprint density at radius 3 is 0.694 bits per heavy atom. The summed E-state index contributed by atoms with van der Waals surface area (Å²) in [6.07, 6.45) is 0. The zero-order valence-electron chi connectivity index (χ0n) is 58.8. The lowest BCUT2D eigenvalue weighted by atomic mass is 9.67. The Morgan fingerprint density at radius 1 is 0.185 bits per heavy atom. The Kier molecular flexibility index (Phi) is 17.1. The van der Waals surface area contributed by atoms with E-state index in [1.807, 2.05) is 72.8 Å². The molecule has 504 valence electrons. The molecule has 0 saturated carbocycles. The maximum absolute atomic E-state index is 10.0. The van der Waals surface area contributed by atoms with Gasteiger partial charge in [0.1, 0.15) is 0 Å². The van der Waals surface area contributed by atoms with Crippen molar-refractivity contribution in [2.75, 3.05) is 0 Å². The van der Waals surface area contributed by atoms with E-state index in [0.717, 1.165) is 101 Å². The largest absolute Gasteiger partial charge is 0.228 e. The van der Waals surface area contributed by atoms with E-state index in [1.54, 1.807) is 0 Å². The van der Waals surface area contributed by atoms with Gasteiger partial charge in [-0.2, -0.15) is 10.5 Å². The molecule has 6 heteroatoms. The Balaban J connectivity index is 0.000000153. The number of fused-ring (bicyclic) bond motifs is 6. The van der Waals surface area contributed by atoms with Gasteiger partial charge in [-0.25, -0.2) is 19.9 Å². The first kappa shape index (κ1) is 65.5. The molecule has 0 saturated heterocycles. The number of hydrogen-bond donors (Lipinski definition) is 0. The van der Waals surface area contributed by atoms with E-state index < -0.39 is 10.8 Å². The van der Waals surface area contributed by atoms with Crippen LogP contribution in [0.5, 0.6) is 0 Å². The van der Waals surface area contributed by atoms with Crippen molar-refractivity contribution in [3.8, 4) is 136 Å². The quantitative estimate of drug-likeness (QED) is 0.114. The molecule has 0 spiro atoms. The number of rotatable bonds is 13. The van der Waals surface area contributed by atoms with Crippen molar-refractivity contribution >= 4 is 0 Å². The molecule has 2 aromatic heterocycles. The second-order valence-corrected chi connectivity index (χ2v) is 27.3. The average Bonchev–Trinajstić information content (AvgIpc) is 1.54. The molecule has 108 heavy (non-hydrogen) atoms. The van der Waals surface area contributed by atoms with E-state index in [9.17, 15) is 10.5 Å². The van der Waals surface area contributed by atoms with Crippen LogP contribution in [-0.2, 0) is 10.8 Å². The molecule has 0 atom stereocenters. The van der Waals surface area contributed by atoms with Crippen molar-refractivity contribution in [3.63, 3.8) is 0 Å². The summed E-state index contributed by atoms with van der Waals surface area (Å²) < 4.78 is 0. The maximum atomic E-state index is 10.0. The topological polar surface area (TPSA) is 99.1 Å². The fraction of sp³-hybridized carbons (Fsp3) is 0.0196. The molecular formula is C102H66N6. The molecule has 2 aliphatic rings. The minimum atomic E-state index is -0.597. The molecule has 0 amide bonds. The molecule has 0 bridgehead atoms. The second kappa shape index (κ2) is 28.2. The van der Waals surface area contributed by atoms with Crippen LogP contribution in [0.2, 0.25) is 0 Å². The lowest BCUT2D eigenvalue weighted by Crippen LogP contribution is -2.28. The van der Waals surface area contributed by atoms with Crippen molar-refractivity contribution in [3.05, 3.63) is 456 Å². The highest BCUT2D eigenvalue weighted by Gasteiger charge is 2.48. The molecule has 0 radical (unpaired) electrons. The fourth-order valence-corrected chi connectivity index (χ4v) is 16.1. The molecule has 0 fully saturated rings. The Hall–Kier alpha value is -14.6. The first-order valence-corrected chi connectivity index (χ1v) is 36.3. The standard InChI is InChI=1S/C54H35N3.C48H31N3/c55-36-37-21-31-47-48-32-30-44(34-50(48)54(49(47)33-37,45-17-9-3-10-18-45)46-19-11-4-12-20-46)40-24-28-42(29-25-40)52-35-51(56-53(57-52)43-15-7-2-8-16-43)41-26-22-39(23-27-41)38-13-5-1-6-14-38;49-32-33-21-27-41-42-28-26-38(30-44(42)48(43(41)29-33,39-17-9-3-10-18-39)40-19-11-4-12-20-40)34-22-24-36(25-23-34)46-31-45(35-13-5-1-6-14-35)50-47(51-46)37-15-7-2-8-16-37/h1-35H;1-31H. The van der Waals surface area contributed by atoms with Crippen LogP contribution >= 0.6 is 0 Å². The summed E-state index contributed by atoms with van der Waals surface area (Å²) in [6.45, 7) is 0. The predicted octanol–water partition coefficient (Wildman–Crippen LogP) is 24.4. The Labute approximate surface area is 628 Å². The number of benzene rings is 15. The van der Waals surface area contributed by atoms with Gasteiger partial charge in [0.25, 0.3) is 0 Å². The lowest BCUT2D eigenvalue weighted by Gasteiger charge is -2.34. The third kappa shape index (κ3) is 11.8. The fourth-order valence-electron chi connectivity index (χ4n) is 16.1. The second-order valence-electron chi connectivity index (χ2n) is 27.3. The van der Waals surface area contributed by atoms with E-state index in [-0.39, 0.29) is 0 Å². The zero-order chi connectivity index (χ0) is 72.4. The van der Waals surface area contributed by atoms with Crippen molar-refractivity contribution in [2.45, 2.75) is 10.8 Å². The van der Waals surface area contributed by atoms with Gasteiger partial charge >= 0.3 is 0 Å². The number of hydrogen-bond acceptors (Lipinski definition) is 6. The number of nitrogens with zero attached hydrogens (tertiary/aromatic N) is 6.